The van der Waals surface area contributed by atoms with Gasteiger partial charge in [0.15, 0.2) is 5.78 Å². The van der Waals surface area contributed by atoms with Gasteiger partial charge in [0, 0.05) is 12.5 Å². The molecule has 15 heteroatoms. The largest absolute Gasteiger partial charge is 0.481 e. The van der Waals surface area contributed by atoms with Crippen LogP contribution in [-0.2, 0) is 35.3 Å². The lowest BCUT2D eigenvalue weighted by Gasteiger charge is -2.24. The van der Waals surface area contributed by atoms with Crippen molar-refractivity contribution in [2.45, 2.75) is 58.8 Å². The number of hydrogen-bond donors (Lipinski definition) is 4. The Balaban J connectivity index is 2.15. The van der Waals surface area contributed by atoms with Crippen LogP contribution in [0, 0.1) is 5.92 Å². The number of carboxylic acid groups (broad SMARTS) is 1. The highest BCUT2D eigenvalue weighted by Crippen LogP contribution is 2.30. The molecule has 236 valence electrons. The van der Waals surface area contributed by atoms with Gasteiger partial charge in [-0.25, -0.2) is 9.59 Å². The van der Waals surface area contributed by atoms with Crippen molar-refractivity contribution in [3.05, 3.63) is 69.2 Å². The van der Waals surface area contributed by atoms with Crippen LogP contribution in [0.25, 0.3) is 0 Å². The van der Waals surface area contributed by atoms with Crippen molar-refractivity contribution in [1.82, 2.24) is 16.0 Å². The van der Waals surface area contributed by atoms with E-state index in [1.807, 2.05) is 0 Å². The van der Waals surface area contributed by atoms with E-state index in [9.17, 15) is 38.7 Å². The maximum absolute atomic E-state index is 13.3. The highest BCUT2D eigenvalue weighted by molar-refractivity contribution is 6.41. The summed E-state index contributed by atoms with van der Waals surface area (Å²) in [5, 5.41) is 15.7. The van der Waals surface area contributed by atoms with Crippen LogP contribution in [0.4, 0.5) is 4.79 Å². The summed E-state index contributed by atoms with van der Waals surface area (Å²) in [6.45, 7) is 5.53. The molecule has 0 aliphatic heterocycles. The lowest BCUT2D eigenvalue weighted by Crippen LogP contribution is -2.56. The first kappa shape index (κ1) is 35.7. The smallest absolute Gasteiger partial charge is 0.408 e. The molecule has 0 aromatic heterocycles. The van der Waals surface area contributed by atoms with Crippen molar-refractivity contribution in [3.63, 3.8) is 0 Å². The van der Waals surface area contributed by atoms with Crippen LogP contribution in [0.5, 0.6) is 0 Å². The molecule has 0 unspecified atom stereocenters. The molecule has 0 radical (unpaired) electrons. The van der Waals surface area contributed by atoms with Crippen LogP contribution in [0.3, 0.4) is 0 Å². The Labute approximate surface area is 262 Å². The maximum atomic E-state index is 13.3. The third-order valence-corrected chi connectivity index (χ3v) is 6.70. The number of rotatable bonds is 13. The highest BCUT2D eigenvalue weighted by atomic mass is 35.5. The first-order chi connectivity index (χ1) is 20.6. The second-order valence-corrected chi connectivity index (χ2v) is 10.6. The first-order valence-electron chi connectivity index (χ1n) is 13.2. The molecule has 0 bridgehead atoms. The van der Waals surface area contributed by atoms with Crippen molar-refractivity contribution in [2.75, 3.05) is 0 Å². The van der Waals surface area contributed by atoms with Gasteiger partial charge < -0.3 is 30.5 Å². The zero-order valence-corrected chi connectivity index (χ0v) is 25.7. The second kappa shape index (κ2) is 16.4. The van der Waals surface area contributed by atoms with Crippen molar-refractivity contribution in [2.24, 2.45) is 5.92 Å². The van der Waals surface area contributed by atoms with E-state index in [0.29, 0.717) is 0 Å². The third-order valence-electron chi connectivity index (χ3n) is 6.00. The number of hydrogen-bond acceptors (Lipinski definition) is 9. The SMILES string of the molecule is CC(=O)OC(=O)c1c(Cl)ccc(C(=O)[C@H](CC(=O)O)NC(=O)[C@H](C)NC(=O)[C@@H](NC(=O)OCc2ccccc2)C(C)C)c1Cl. The van der Waals surface area contributed by atoms with E-state index in [4.69, 9.17) is 27.9 Å². The van der Waals surface area contributed by atoms with Crippen LogP contribution in [0.2, 0.25) is 10.0 Å². The van der Waals surface area contributed by atoms with E-state index in [2.05, 4.69) is 20.7 Å². The fourth-order valence-electron chi connectivity index (χ4n) is 3.78. The monoisotopic (exact) mass is 651 g/mol. The Hall–Kier alpha value is -4.49. The minimum Gasteiger partial charge on any atom is -0.481 e. The zero-order chi connectivity index (χ0) is 33.1. The Bertz CT molecular complexity index is 1430. The fourth-order valence-corrected chi connectivity index (χ4v) is 4.39. The summed E-state index contributed by atoms with van der Waals surface area (Å²) in [6.07, 6.45) is -1.75. The van der Waals surface area contributed by atoms with E-state index in [1.165, 1.54) is 6.92 Å². The van der Waals surface area contributed by atoms with Gasteiger partial charge in [-0.05, 0) is 30.5 Å². The van der Waals surface area contributed by atoms with Crippen LogP contribution in [-0.4, -0.2) is 64.8 Å². The Morgan fingerprint density at radius 3 is 2.07 bits per heavy atom. The molecule has 0 aliphatic rings. The fraction of sp³-hybridized carbons (Fsp3) is 0.345. The summed E-state index contributed by atoms with van der Waals surface area (Å²) in [7, 11) is 0. The number of Topliss-reactive ketones (excluding diaryl/α,β-unsaturated/α-hetero) is 1. The molecule has 13 nitrogen and oxygen atoms in total. The number of nitrogens with one attached hydrogen (secondary N) is 3. The lowest BCUT2D eigenvalue weighted by atomic mass is 9.99. The molecule has 0 fully saturated rings. The van der Waals surface area contributed by atoms with Crippen LogP contribution in [0.1, 0.15) is 60.4 Å². The predicted molar refractivity (Wildman–Crippen MR) is 157 cm³/mol. The van der Waals surface area contributed by atoms with E-state index < -0.39 is 82.6 Å². The molecule has 0 aliphatic carbocycles. The van der Waals surface area contributed by atoms with Crippen molar-refractivity contribution < 1.29 is 48.1 Å². The number of carbonyl (C=O) groups excluding carboxylic acids is 6. The molecular formula is C29H31Cl2N3O10. The van der Waals surface area contributed by atoms with Gasteiger partial charge in [0.25, 0.3) is 0 Å². The number of ketones is 1. The summed E-state index contributed by atoms with van der Waals surface area (Å²) >= 11 is 12.2. The number of esters is 2. The molecule has 3 amide bonds. The number of amides is 3. The minimum atomic E-state index is -1.69. The van der Waals surface area contributed by atoms with Gasteiger partial charge >= 0.3 is 24.0 Å². The number of alkyl carbamates (subject to hydrolysis) is 1. The number of ether oxygens (including phenoxy) is 2. The molecule has 0 heterocycles. The molecule has 44 heavy (non-hydrogen) atoms. The maximum Gasteiger partial charge on any atom is 0.408 e. The van der Waals surface area contributed by atoms with Crippen molar-refractivity contribution >= 4 is 64.8 Å². The molecular weight excluding hydrogens is 621 g/mol. The number of carbonyl (C=O) groups is 7. The second-order valence-electron chi connectivity index (χ2n) is 9.85. The third kappa shape index (κ3) is 10.3. The predicted octanol–water partition coefficient (Wildman–Crippen LogP) is 3.29. The first-order valence-corrected chi connectivity index (χ1v) is 13.9. The molecule has 0 saturated heterocycles. The number of halogens is 2. The van der Waals surface area contributed by atoms with Gasteiger partial charge in [-0.3, -0.25) is 24.0 Å². The van der Waals surface area contributed by atoms with E-state index in [1.54, 1.807) is 44.2 Å². The van der Waals surface area contributed by atoms with E-state index in [0.717, 1.165) is 24.6 Å². The Morgan fingerprint density at radius 2 is 1.50 bits per heavy atom. The molecule has 0 spiro atoms. The minimum absolute atomic E-state index is 0.0338. The van der Waals surface area contributed by atoms with Gasteiger partial charge in [0.1, 0.15) is 24.7 Å². The van der Waals surface area contributed by atoms with Gasteiger partial charge in [0.2, 0.25) is 11.8 Å². The zero-order valence-electron chi connectivity index (χ0n) is 24.1. The van der Waals surface area contributed by atoms with E-state index in [-0.39, 0.29) is 17.2 Å². The average Bonchev–Trinajstić information content (AvgIpc) is 2.93. The van der Waals surface area contributed by atoms with Crippen LogP contribution in [0.15, 0.2) is 42.5 Å². The number of carboxylic acids is 1. The van der Waals surface area contributed by atoms with Crippen molar-refractivity contribution in [3.8, 4) is 0 Å². The number of benzene rings is 2. The topological polar surface area (TPSA) is 194 Å². The quantitative estimate of drug-likeness (QED) is 0.142. The molecule has 2 aromatic rings. The molecule has 3 atom stereocenters. The average molecular weight is 652 g/mol. The lowest BCUT2D eigenvalue weighted by molar-refractivity contribution is -0.138. The molecule has 0 saturated carbocycles. The van der Waals surface area contributed by atoms with Gasteiger partial charge in [-0.1, -0.05) is 67.4 Å². The summed E-state index contributed by atoms with van der Waals surface area (Å²) in [5.41, 5.74) is -0.158. The van der Waals surface area contributed by atoms with Gasteiger partial charge in [0.05, 0.1) is 22.0 Å². The summed E-state index contributed by atoms with van der Waals surface area (Å²) in [4.78, 5) is 86.6. The Morgan fingerprint density at radius 1 is 0.864 bits per heavy atom. The molecule has 2 rings (SSSR count). The Kier molecular flexibility index (Phi) is 13.3. The standard InChI is InChI=1S/C29H31Cl2N3O10/c1-14(2)24(34-29(42)43-13-17-8-6-5-7-9-17)27(40)32-15(3)26(39)33-20(12-21(36)37)25(38)18-10-11-19(30)22(23(18)31)28(41)44-16(4)35/h5-11,14-15,20,24H,12-13H2,1-4H3,(H,32,40)(H,33,39)(H,34,42)(H,36,37)/t15-,20-,24-/m0/s1. The molecule has 4 N–H and O–H groups in total. The summed E-state index contributed by atoms with van der Waals surface area (Å²) < 4.78 is 9.65. The normalized spacial score (nSPS) is 12.7. The van der Waals surface area contributed by atoms with Crippen molar-refractivity contribution in [1.29, 1.82) is 0 Å². The van der Waals surface area contributed by atoms with Crippen LogP contribution < -0.4 is 16.0 Å². The number of aliphatic carboxylic acids is 1. The summed E-state index contributed by atoms with van der Waals surface area (Å²) in [6, 6.07) is 6.99. The van der Waals surface area contributed by atoms with E-state index >= 15 is 0 Å². The summed E-state index contributed by atoms with van der Waals surface area (Å²) in [5.74, 6) is -6.77. The van der Waals surface area contributed by atoms with Gasteiger partial charge in [-0.2, -0.15) is 0 Å². The molecule has 2 aromatic carbocycles. The highest BCUT2D eigenvalue weighted by Gasteiger charge is 2.32. The van der Waals surface area contributed by atoms with Gasteiger partial charge in [-0.15, -0.1) is 0 Å². The van der Waals surface area contributed by atoms with Crippen LogP contribution >= 0.6 is 23.2 Å².